The molecule has 0 bridgehead atoms. The molecule has 3 N–H and O–H groups in total. The first-order chi connectivity index (χ1) is 9.91. The molecule has 1 aliphatic rings. The maximum atomic E-state index is 12.0. The maximum Gasteiger partial charge on any atom is 0.253 e. The first-order valence-corrected chi connectivity index (χ1v) is 7.40. The molecule has 21 heavy (non-hydrogen) atoms. The standard InChI is InChI=1S/C15H21ClN2O3/c1-18-8-6-15(21,7-9-18)10-17-14(20)13(19)11-4-2-3-5-12(11)16/h2-5,13,19,21H,6-10H2,1H3,(H,17,20)/t13-/m0/s1. The van der Waals surface area contributed by atoms with Crippen molar-refractivity contribution in [1.29, 1.82) is 0 Å². The summed E-state index contributed by atoms with van der Waals surface area (Å²) in [6.45, 7) is 1.72. The highest BCUT2D eigenvalue weighted by Gasteiger charge is 2.32. The summed E-state index contributed by atoms with van der Waals surface area (Å²) in [6, 6.07) is 6.68. The Hall–Kier alpha value is -1.14. The molecule has 6 heteroatoms. The minimum absolute atomic E-state index is 0.140. The number of aliphatic hydroxyl groups excluding tert-OH is 1. The molecule has 1 aliphatic heterocycles. The fraction of sp³-hybridized carbons (Fsp3) is 0.533. The van der Waals surface area contributed by atoms with Crippen molar-refractivity contribution in [2.45, 2.75) is 24.5 Å². The second kappa shape index (κ2) is 6.75. The molecule has 1 fully saturated rings. The lowest BCUT2D eigenvalue weighted by molar-refractivity contribution is -0.131. The van der Waals surface area contributed by atoms with Crippen LogP contribution < -0.4 is 5.32 Å². The average Bonchev–Trinajstić information content (AvgIpc) is 2.48. The van der Waals surface area contributed by atoms with Crippen LogP contribution in [0, 0.1) is 0 Å². The second-order valence-electron chi connectivity index (χ2n) is 5.67. The van der Waals surface area contributed by atoms with Gasteiger partial charge in [-0.05, 0) is 26.0 Å². The molecule has 1 heterocycles. The predicted octanol–water partition coefficient (Wildman–Crippen LogP) is 0.946. The minimum atomic E-state index is -1.33. The minimum Gasteiger partial charge on any atom is -0.388 e. The van der Waals surface area contributed by atoms with E-state index in [0.29, 0.717) is 23.4 Å². The van der Waals surface area contributed by atoms with E-state index in [9.17, 15) is 15.0 Å². The van der Waals surface area contributed by atoms with Crippen LogP contribution >= 0.6 is 11.6 Å². The molecule has 0 radical (unpaired) electrons. The number of hydrogen-bond donors (Lipinski definition) is 3. The normalized spacial score (nSPS) is 20.0. The van der Waals surface area contributed by atoms with Crippen LogP contribution in [0.2, 0.25) is 5.02 Å². The van der Waals surface area contributed by atoms with E-state index < -0.39 is 17.6 Å². The van der Waals surface area contributed by atoms with Gasteiger partial charge in [-0.15, -0.1) is 0 Å². The number of carbonyl (C=O) groups excluding carboxylic acids is 1. The van der Waals surface area contributed by atoms with E-state index in [1.807, 2.05) is 7.05 Å². The Morgan fingerprint density at radius 1 is 1.43 bits per heavy atom. The Balaban J connectivity index is 1.91. The molecular weight excluding hydrogens is 292 g/mol. The van der Waals surface area contributed by atoms with Crippen LogP contribution in [0.15, 0.2) is 24.3 Å². The van der Waals surface area contributed by atoms with Crippen molar-refractivity contribution in [2.24, 2.45) is 0 Å². The lowest BCUT2D eigenvalue weighted by Gasteiger charge is -2.36. The molecule has 2 rings (SSSR count). The van der Waals surface area contributed by atoms with Gasteiger partial charge in [0.05, 0.1) is 5.60 Å². The number of hydrogen-bond acceptors (Lipinski definition) is 4. The third-order valence-corrected chi connectivity index (χ3v) is 4.30. The van der Waals surface area contributed by atoms with Crippen LogP contribution in [0.3, 0.4) is 0 Å². The number of aliphatic hydroxyl groups is 2. The van der Waals surface area contributed by atoms with Crippen LogP contribution in [0.4, 0.5) is 0 Å². The summed E-state index contributed by atoms with van der Waals surface area (Å²) in [5.74, 6) is -0.546. The lowest BCUT2D eigenvalue weighted by atomic mass is 9.91. The first kappa shape index (κ1) is 16.2. The van der Waals surface area contributed by atoms with Gasteiger partial charge in [0.2, 0.25) is 0 Å². The molecule has 116 valence electrons. The van der Waals surface area contributed by atoms with Crippen molar-refractivity contribution < 1.29 is 15.0 Å². The summed E-state index contributed by atoms with van der Waals surface area (Å²) in [7, 11) is 2.00. The van der Waals surface area contributed by atoms with Gasteiger partial charge in [-0.3, -0.25) is 4.79 Å². The quantitative estimate of drug-likeness (QED) is 0.774. The molecule has 1 amide bonds. The molecule has 0 unspecified atom stereocenters. The molecule has 1 aromatic carbocycles. The van der Waals surface area contributed by atoms with Gasteiger partial charge in [-0.1, -0.05) is 29.8 Å². The number of nitrogens with one attached hydrogen (secondary N) is 1. The zero-order chi connectivity index (χ0) is 15.5. The molecule has 5 nitrogen and oxygen atoms in total. The van der Waals surface area contributed by atoms with E-state index in [-0.39, 0.29) is 6.54 Å². The highest BCUT2D eigenvalue weighted by molar-refractivity contribution is 6.31. The van der Waals surface area contributed by atoms with Gasteiger partial charge >= 0.3 is 0 Å². The third kappa shape index (κ3) is 4.17. The number of benzene rings is 1. The number of amides is 1. The van der Waals surface area contributed by atoms with Crippen molar-refractivity contribution in [3.05, 3.63) is 34.9 Å². The highest BCUT2D eigenvalue weighted by atomic mass is 35.5. The van der Waals surface area contributed by atoms with E-state index in [0.717, 1.165) is 13.1 Å². The van der Waals surface area contributed by atoms with E-state index in [2.05, 4.69) is 10.2 Å². The maximum absolute atomic E-state index is 12.0. The van der Waals surface area contributed by atoms with Gasteiger partial charge < -0.3 is 20.4 Å². The van der Waals surface area contributed by atoms with Gasteiger partial charge in [-0.25, -0.2) is 0 Å². The number of likely N-dealkylation sites (tertiary alicyclic amines) is 1. The van der Waals surface area contributed by atoms with E-state index >= 15 is 0 Å². The summed E-state index contributed by atoms with van der Waals surface area (Å²) in [4.78, 5) is 14.1. The number of nitrogens with zero attached hydrogens (tertiary/aromatic N) is 1. The summed E-state index contributed by atoms with van der Waals surface area (Å²) in [5, 5.41) is 23.4. The predicted molar refractivity (Wildman–Crippen MR) is 81.1 cm³/mol. The number of halogens is 1. The van der Waals surface area contributed by atoms with Gasteiger partial charge in [-0.2, -0.15) is 0 Å². The molecule has 0 aliphatic carbocycles. The van der Waals surface area contributed by atoms with Gasteiger partial charge in [0.15, 0.2) is 6.10 Å². The zero-order valence-corrected chi connectivity index (χ0v) is 12.8. The van der Waals surface area contributed by atoms with Crippen LogP contribution in [0.25, 0.3) is 0 Å². The summed E-state index contributed by atoms with van der Waals surface area (Å²) < 4.78 is 0. The molecule has 1 saturated heterocycles. The van der Waals surface area contributed by atoms with Gasteiger partial charge in [0.1, 0.15) is 0 Å². The fourth-order valence-corrected chi connectivity index (χ4v) is 2.64. The SMILES string of the molecule is CN1CCC(O)(CNC(=O)[C@@H](O)c2ccccc2Cl)CC1. The fourth-order valence-electron chi connectivity index (χ4n) is 2.40. The number of rotatable bonds is 4. The van der Waals surface area contributed by atoms with Crippen molar-refractivity contribution in [2.75, 3.05) is 26.7 Å². The third-order valence-electron chi connectivity index (χ3n) is 3.96. The van der Waals surface area contributed by atoms with E-state index in [1.54, 1.807) is 24.3 Å². The van der Waals surface area contributed by atoms with Crippen LogP contribution in [-0.2, 0) is 4.79 Å². The first-order valence-electron chi connectivity index (χ1n) is 7.02. The smallest absolute Gasteiger partial charge is 0.253 e. The van der Waals surface area contributed by atoms with E-state index in [1.165, 1.54) is 0 Å². The largest absolute Gasteiger partial charge is 0.388 e. The lowest BCUT2D eigenvalue weighted by Crippen LogP contribution is -2.50. The molecule has 0 aromatic heterocycles. The van der Waals surface area contributed by atoms with Gasteiger partial charge in [0.25, 0.3) is 5.91 Å². The Morgan fingerprint density at radius 3 is 2.67 bits per heavy atom. The molecule has 1 atom stereocenters. The Kier molecular flexibility index (Phi) is 5.22. The summed E-state index contributed by atoms with van der Waals surface area (Å²) in [5.41, 5.74) is -0.533. The Labute approximate surface area is 129 Å². The topological polar surface area (TPSA) is 72.8 Å². The van der Waals surface area contributed by atoms with Crippen LogP contribution in [0.5, 0.6) is 0 Å². The zero-order valence-electron chi connectivity index (χ0n) is 12.1. The van der Waals surface area contributed by atoms with E-state index in [4.69, 9.17) is 11.6 Å². The molecular formula is C15H21ClN2O3. The van der Waals surface area contributed by atoms with Crippen molar-refractivity contribution in [3.63, 3.8) is 0 Å². The number of piperidine rings is 1. The van der Waals surface area contributed by atoms with Crippen LogP contribution in [0.1, 0.15) is 24.5 Å². The average molecular weight is 313 g/mol. The monoisotopic (exact) mass is 312 g/mol. The van der Waals surface area contributed by atoms with Crippen molar-refractivity contribution >= 4 is 17.5 Å². The van der Waals surface area contributed by atoms with Crippen molar-refractivity contribution in [3.8, 4) is 0 Å². The van der Waals surface area contributed by atoms with Crippen LogP contribution in [-0.4, -0.2) is 53.3 Å². The molecule has 0 saturated carbocycles. The molecule has 1 aromatic rings. The summed E-state index contributed by atoms with van der Waals surface area (Å²) in [6.07, 6.45) is -0.119. The second-order valence-corrected chi connectivity index (χ2v) is 6.08. The van der Waals surface area contributed by atoms with Gasteiger partial charge in [0, 0.05) is 30.2 Å². The highest BCUT2D eigenvalue weighted by Crippen LogP contribution is 2.24. The molecule has 0 spiro atoms. The Morgan fingerprint density at radius 2 is 2.05 bits per heavy atom. The van der Waals surface area contributed by atoms with Crippen molar-refractivity contribution in [1.82, 2.24) is 10.2 Å². The Bertz CT molecular complexity index is 501. The summed E-state index contributed by atoms with van der Waals surface area (Å²) >= 11 is 5.96. The number of carbonyl (C=O) groups is 1.